The Balaban J connectivity index is 1.55. The van der Waals surface area contributed by atoms with E-state index < -0.39 is 6.10 Å². The monoisotopic (exact) mass is 371 g/mol. The second-order valence-electron chi connectivity index (χ2n) is 5.43. The predicted octanol–water partition coefficient (Wildman–Crippen LogP) is 3.84. The van der Waals surface area contributed by atoms with Crippen LogP contribution in [-0.4, -0.2) is 22.9 Å². The van der Waals surface area contributed by atoms with Crippen molar-refractivity contribution in [1.82, 2.24) is 4.98 Å². The van der Waals surface area contributed by atoms with Crippen LogP contribution in [0.5, 0.6) is 5.75 Å². The van der Waals surface area contributed by atoms with Crippen LogP contribution in [0.1, 0.15) is 16.6 Å². The van der Waals surface area contributed by atoms with Crippen molar-refractivity contribution in [2.75, 3.05) is 10.6 Å². The average Bonchev–Trinajstić information content (AvgIpc) is 3.27. The summed E-state index contributed by atoms with van der Waals surface area (Å²) in [6.45, 7) is 1.70. The molecule has 0 saturated heterocycles. The number of hydrogen-bond acceptors (Lipinski definition) is 6. The zero-order valence-corrected chi connectivity index (χ0v) is 14.7. The summed E-state index contributed by atoms with van der Waals surface area (Å²) in [4.78, 5) is 28.9. The predicted molar refractivity (Wildman–Crippen MR) is 98.5 cm³/mol. The Morgan fingerprint density at radius 3 is 3.00 bits per heavy atom. The lowest BCUT2D eigenvalue weighted by Crippen LogP contribution is -2.34. The molecule has 1 aliphatic heterocycles. The topological polar surface area (TPSA) is 80.3 Å². The van der Waals surface area contributed by atoms with Gasteiger partial charge in [0.15, 0.2) is 11.2 Å². The van der Waals surface area contributed by atoms with Gasteiger partial charge in [0, 0.05) is 10.9 Å². The zero-order valence-electron chi connectivity index (χ0n) is 13.1. The molecule has 126 valence electrons. The Kier molecular flexibility index (Phi) is 3.98. The van der Waals surface area contributed by atoms with Gasteiger partial charge >= 0.3 is 0 Å². The molecule has 8 heteroatoms. The van der Waals surface area contributed by atoms with E-state index in [0.717, 1.165) is 11.3 Å². The van der Waals surface area contributed by atoms with E-state index in [1.54, 1.807) is 13.0 Å². The first-order chi connectivity index (χ1) is 12.1. The van der Waals surface area contributed by atoms with E-state index >= 15 is 0 Å². The number of carbonyl (C=O) groups excluding carboxylic acids is 2. The van der Waals surface area contributed by atoms with Gasteiger partial charge in [0.25, 0.3) is 11.8 Å². The summed E-state index contributed by atoms with van der Waals surface area (Å²) >= 11 is 2.73. The van der Waals surface area contributed by atoms with Gasteiger partial charge in [-0.2, -0.15) is 0 Å². The minimum Gasteiger partial charge on any atom is -0.479 e. The first-order valence-corrected chi connectivity index (χ1v) is 9.28. The summed E-state index contributed by atoms with van der Waals surface area (Å²) in [5.74, 6) is 0.292. The summed E-state index contributed by atoms with van der Waals surface area (Å²) in [5, 5.41) is 9.86. The highest BCUT2D eigenvalue weighted by molar-refractivity contribution is 7.14. The second kappa shape index (κ2) is 6.30. The summed E-state index contributed by atoms with van der Waals surface area (Å²) in [7, 11) is 0. The fraction of sp³-hybridized carbons (Fsp3) is 0.118. The summed E-state index contributed by atoms with van der Waals surface area (Å²) in [6.07, 6.45) is -0.503. The van der Waals surface area contributed by atoms with Crippen molar-refractivity contribution < 1.29 is 14.3 Å². The van der Waals surface area contributed by atoms with E-state index in [4.69, 9.17) is 4.74 Å². The molecule has 1 aromatic carbocycles. The highest BCUT2D eigenvalue weighted by atomic mass is 32.1. The lowest BCUT2D eigenvalue weighted by atomic mass is 10.1. The van der Waals surface area contributed by atoms with Crippen LogP contribution < -0.4 is 15.4 Å². The third kappa shape index (κ3) is 3.13. The number of fused-ring (bicyclic) bond motifs is 1. The van der Waals surface area contributed by atoms with Crippen molar-refractivity contribution in [2.24, 2.45) is 0 Å². The SMILES string of the molecule is C[C@@H]1Oc2ccc(-c3csc(NC(=O)c4cccs4)n3)cc2NC1=O. The number of benzene rings is 1. The largest absolute Gasteiger partial charge is 0.479 e. The lowest BCUT2D eigenvalue weighted by molar-refractivity contribution is -0.122. The van der Waals surface area contributed by atoms with Crippen molar-refractivity contribution in [3.05, 3.63) is 46.0 Å². The van der Waals surface area contributed by atoms with Crippen LogP contribution in [0.15, 0.2) is 41.1 Å². The maximum atomic E-state index is 12.1. The molecule has 0 spiro atoms. The molecule has 2 amide bonds. The highest BCUT2D eigenvalue weighted by Gasteiger charge is 2.24. The van der Waals surface area contributed by atoms with Gasteiger partial charge in [-0.05, 0) is 36.6 Å². The molecule has 6 nitrogen and oxygen atoms in total. The normalized spacial score (nSPS) is 15.9. The van der Waals surface area contributed by atoms with Gasteiger partial charge in [0.05, 0.1) is 16.3 Å². The molecule has 4 rings (SSSR count). The molecule has 3 heterocycles. The molecular formula is C17H13N3O3S2. The quantitative estimate of drug-likeness (QED) is 0.733. The highest BCUT2D eigenvalue weighted by Crippen LogP contribution is 2.35. The number of carbonyl (C=O) groups is 2. The van der Waals surface area contributed by atoms with E-state index in [1.165, 1.54) is 22.7 Å². The molecule has 2 N–H and O–H groups in total. The molecule has 0 aliphatic carbocycles. The van der Waals surface area contributed by atoms with Crippen LogP contribution in [0.4, 0.5) is 10.8 Å². The van der Waals surface area contributed by atoms with Gasteiger partial charge in [-0.15, -0.1) is 22.7 Å². The molecular weight excluding hydrogens is 358 g/mol. The molecule has 0 fully saturated rings. The number of rotatable bonds is 3. The van der Waals surface area contributed by atoms with Crippen LogP contribution in [0.25, 0.3) is 11.3 Å². The van der Waals surface area contributed by atoms with Crippen molar-refractivity contribution in [1.29, 1.82) is 0 Å². The molecule has 0 saturated carbocycles. The second-order valence-corrected chi connectivity index (χ2v) is 7.24. The summed E-state index contributed by atoms with van der Waals surface area (Å²) in [6, 6.07) is 9.10. The van der Waals surface area contributed by atoms with Crippen LogP contribution in [-0.2, 0) is 4.79 Å². The zero-order chi connectivity index (χ0) is 17.4. The maximum Gasteiger partial charge on any atom is 0.267 e. The molecule has 25 heavy (non-hydrogen) atoms. The van der Waals surface area contributed by atoms with Gasteiger partial charge in [-0.1, -0.05) is 6.07 Å². The number of nitrogens with one attached hydrogen (secondary N) is 2. The minimum absolute atomic E-state index is 0.170. The van der Waals surface area contributed by atoms with Crippen LogP contribution in [0.2, 0.25) is 0 Å². The van der Waals surface area contributed by atoms with Crippen LogP contribution in [0, 0.1) is 0 Å². The van der Waals surface area contributed by atoms with Gasteiger partial charge in [-0.25, -0.2) is 4.98 Å². The smallest absolute Gasteiger partial charge is 0.267 e. The molecule has 1 aliphatic rings. The molecule has 3 aromatic rings. The van der Waals surface area contributed by atoms with E-state index in [-0.39, 0.29) is 11.8 Å². The Morgan fingerprint density at radius 1 is 1.32 bits per heavy atom. The number of thiazole rings is 1. The van der Waals surface area contributed by atoms with Crippen molar-refractivity contribution >= 4 is 45.3 Å². The fourth-order valence-corrected chi connectivity index (χ4v) is 3.73. The Bertz CT molecular complexity index is 950. The number of nitrogens with zero attached hydrogens (tertiary/aromatic N) is 1. The fourth-order valence-electron chi connectivity index (χ4n) is 2.40. The molecule has 2 aromatic heterocycles. The van der Waals surface area contributed by atoms with Gasteiger partial charge in [0.1, 0.15) is 5.75 Å². The number of thiophene rings is 1. The van der Waals surface area contributed by atoms with E-state index in [1.807, 2.05) is 35.0 Å². The Morgan fingerprint density at radius 2 is 2.20 bits per heavy atom. The van der Waals surface area contributed by atoms with E-state index in [9.17, 15) is 9.59 Å². The van der Waals surface area contributed by atoms with Gasteiger partial charge < -0.3 is 10.1 Å². The van der Waals surface area contributed by atoms with Crippen LogP contribution >= 0.6 is 22.7 Å². The van der Waals surface area contributed by atoms with Crippen LogP contribution in [0.3, 0.4) is 0 Å². The van der Waals surface area contributed by atoms with E-state index in [0.29, 0.717) is 21.4 Å². The van der Waals surface area contributed by atoms with Crippen molar-refractivity contribution in [3.8, 4) is 17.0 Å². The number of aromatic nitrogens is 1. The standard InChI is InChI=1S/C17H13N3O3S2/c1-9-15(21)18-11-7-10(4-5-13(11)23-9)12-8-25-17(19-12)20-16(22)14-3-2-6-24-14/h2-9H,1H3,(H,18,21)(H,19,20,22)/t9-/m0/s1. The average molecular weight is 371 g/mol. The minimum atomic E-state index is -0.503. The molecule has 0 radical (unpaired) electrons. The number of amides is 2. The Hall–Kier alpha value is -2.71. The van der Waals surface area contributed by atoms with Gasteiger partial charge in [-0.3, -0.25) is 14.9 Å². The molecule has 0 unspecified atom stereocenters. The number of ether oxygens (including phenoxy) is 1. The number of anilines is 2. The van der Waals surface area contributed by atoms with Gasteiger partial charge in [0.2, 0.25) is 0 Å². The Labute approximate surface area is 151 Å². The third-order valence-corrected chi connectivity index (χ3v) is 5.30. The van der Waals surface area contributed by atoms with Crippen molar-refractivity contribution in [2.45, 2.75) is 13.0 Å². The summed E-state index contributed by atoms with van der Waals surface area (Å²) < 4.78 is 5.55. The third-order valence-electron chi connectivity index (χ3n) is 3.68. The lowest BCUT2D eigenvalue weighted by Gasteiger charge is -2.23. The van der Waals surface area contributed by atoms with Crippen molar-refractivity contribution in [3.63, 3.8) is 0 Å². The first-order valence-electron chi connectivity index (χ1n) is 7.52. The molecule has 1 atom stereocenters. The first kappa shape index (κ1) is 15.8. The summed E-state index contributed by atoms with van der Waals surface area (Å²) in [5.41, 5.74) is 2.19. The van der Waals surface area contributed by atoms with E-state index in [2.05, 4.69) is 15.6 Å². The maximum absolute atomic E-state index is 12.1. The molecule has 0 bridgehead atoms. The number of hydrogen-bond donors (Lipinski definition) is 2.